The lowest BCUT2D eigenvalue weighted by molar-refractivity contribution is -0.122. The van der Waals surface area contributed by atoms with Crippen molar-refractivity contribution in [3.63, 3.8) is 0 Å². The molecule has 2 heterocycles. The smallest absolute Gasteiger partial charge is 0.263 e. The molecule has 8 nitrogen and oxygen atoms in total. The number of carbonyl (C=O) groups excluding carboxylic acids is 1. The first kappa shape index (κ1) is 21.8. The van der Waals surface area contributed by atoms with Gasteiger partial charge in [-0.15, -0.1) is 0 Å². The molecular weight excluding hydrogens is 426 g/mol. The van der Waals surface area contributed by atoms with Crippen molar-refractivity contribution in [2.45, 2.75) is 43.7 Å². The summed E-state index contributed by atoms with van der Waals surface area (Å²) in [7, 11) is -3.65. The third-order valence-electron chi connectivity index (χ3n) is 5.20. The second kappa shape index (κ2) is 9.35. The van der Waals surface area contributed by atoms with Gasteiger partial charge in [-0.1, -0.05) is 50.1 Å². The number of amides is 1. The number of nitrogens with one attached hydrogen (secondary N) is 2. The van der Waals surface area contributed by atoms with Gasteiger partial charge in [0.15, 0.2) is 0 Å². The minimum absolute atomic E-state index is 0.182. The number of sulfonamides is 1. The summed E-state index contributed by atoms with van der Waals surface area (Å²) in [4.78, 5) is 17.6. The Morgan fingerprint density at radius 2 is 1.91 bits per heavy atom. The number of aromatic nitrogens is 2. The number of aliphatic imine (C=N–C) groups is 1. The molecule has 0 saturated carbocycles. The van der Waals surface area contributed by atoms with Crippen molar-refractivity contribution in [3.05, 3.63) is 78.1 Å². The Labute approximate surface area is 187 Å². The maximum absolute atomic E-state index is 12.9. The number of unbranched alkanes of at least 4 members (excludes halogenated alkanes) is 1. The maximum Gasteiger partial charge on any atom is 0.263 e. The lowest BCUT2D eigenvalue weighted by Gasteiger charge is -2.13. The molecule has 4 rings (SSSR count). The van der Waals surface area contributed by atoms with Crippen molar-refractivity contribution in [2.75, 3.05) is 0 Å². The first-order valence-electron chi connectivity index (χ1n) is 10.5. The predicted molar refractivity (Wildman–Crippen MR) is 122 cm³/mol. The van der Waals surface area contributed by atoms with E-state index in [0.717, 1.165) is 24.1 Å². The summed E-state index contributed by atoms with van der Waals surface area (Å²) >= 11 is 0. The van der Waals surface area contributed by atoms with Crippen molar-refractivity contribution >= 4 is 21.8 Å². The van der Waals surface area contributed by atoms with E-state index in [1.165, 1.54) is 6.07 Å². The van der Waals surface area contributed by atoms with Gasteiger partial charge in [-0.05, 0) is 30.7 Å². The van der Waals surface area contributed by atoms with Crippen LogP contribution in [0.3, 0.4) is 0 Å². The van der Waals surface area contributed by atoms with Crippen LogP contribution in [-0.2, 0) is 21.4 Å². The molecule has 0 saturated heterocycles. The van der Waals surface area contributed by atoms with Crippen LogP contribution in [0, 0.1) is 0 Å². The van der Waals surface area contributed by atoms with Crippen molar-refractivity contribution in [2.24, 2.45) is 4.99 Å². The van der Waals surface area contributed by atoms with Gasteiger partial charge in [0.05, 0.1) is 16.8 Å². The van der Waals surface area contributed by atoms with Gasteiger partial charge in [0.1, 0.15) is 11.9 Å². The molecule has 1 aliphatic heterocycles. The van der Waals surface area contributed by atoms with Gasteiger partial charge in [0, 0.05) is 23.9 Å². The fourth-order valence-corrected chi connectivity index (χ4v) is 4.76. The zero-order valence-corrected chi connectivity index (χ0v) is 18.5. The van der Waals surface area contributed by atoms with Crippen LogP contribution in [0.25, 0.3) is 5.69 Å². The highest BCUT2D eigenvalue weighted by atomic mass is 32.2. The summed E-state index contributed by atoms with van der Waals surface area (Å²) in [5, 5.41) is 7.26. The summed E-state index contributed by atoms with van der Waals surface area (Å²) in [5.41, 5.74) is 2.28. The topological polar surface area (TPSA) is 105 Å². The number of amidine groups is 1. The first-order valence-corrected chi connectivity index (χ1v) is 12.0. The Bertz CT molecular complexity index is 1240. The Kier molecular flexibility index (Phi) is 6.36. The number of benzene rings is 2. The fraction of sp³-hybridized carbons (Fsp3) is 0.261. The highest BCUT2D eigenvalue weighted by Crippen LogP contribution is 2.23. The molecule has 1 aliphatic rings. The molecule has 0 bridgehead atoms. The van der Waals surface area contributed by atoms with Crippen molar-refractivity contribution in [3.8, 4) is 5.69 Å². The summed E-state index contributed by atoms with van der Waals surface area (Å²) < 4.78 is 28.9. The maximum atomic E-state index is 12.9. The average Bonchev–Trinajstić information content (AvgIpc) is 3.38. The Morgan fingerprint density at radius 1 is 1.16 bits per heavy atom. The highest BCUT2D eigenvalue weighted by molar-refractivity contribution is 7.90. The predicted octanol–water partition coefficient (Wildman–Crippen LogP) is 2.79. The molecule has 2 aromatic carbocycles. The van der Waals surface area contributed by atoms with Crippen molar-refractivity contribution in [1.29, 1.82) is 0 Å². The highest BCUT2D eigenvalue weighted by Gasteiger charge is 2.31. The van der Waals surface area contributed by atoms with Gasteiger partial charge < -0.3 is 5.32 Å². The van der Waals surface area contributed by atoms with Crippen LogP contribution in [0.15, 0.2) is 76.9 Å². The first-order chi connectivity index (χ1) is 15.5. The molecule has 0 spiro atoms. The third kappa shape index (κ3) is 4.72. The zero-order chi connectivity index (χ0) is 22.6. The van der Waals surface area contributed by atoms with Crippen molar-refractivity contribution < 1.29 is 13.2 Å². The number of hydrogen-bond donors (Lipinski definition) is 2. The SMILES string of the molecule is CCCCC(N=C1NS(=O)(=O)c2ccccc21)C(=O)NCc1cnn(-c2ccccc2)c1. The largest absolute Gasteiger partial charge is 0.350 e. The Morgan fingerprint density at radius 3 is 2.69 bits per heavy atom. The van der Waals surface area contributed by atoms with Crippen molar-refractivity contribution in [1.82, 2.24) is 19.8 Å². The molecule has 0 aliphatic carbocycles. The molecule has 0 radical (unpaired) electrons. The molecule has 166 valence electrons. The number of carbonyl (C=O) groups is 1. The van der Waals surface area contributed by atoms with E-state index >= 15 is 0 Å². The number of para-hydroxylation sites is 1. The lowest BCUT2D eigenvalue weighted by Crippen LogP contribution is -2.35. The van der Waals surface area contributed by atoms with Crippen LogP contribution >= 0.6 is 0 Å². The van der Waals surface area contributed by atoms with E-state index in [0.29, 0.717) is 18.5 Å². The monoisotopic (exact) mass is 451 g/mol. The van der Waals surface area contributed by atoms with E-state index in [-0.39, 0.29) is 16.6 Å². The van der Waals surface area contributed by atoms with E-state index in [9.17, 15) is 13.2 Å². The van der Waals surface area contributed by atoms with Gasteiger partial charge in [0.2, 0.25) is 5.91 Å². The van der Waals surface area contributed by atoms with Crippen LogP contribution in [0.1, 0.15) is 37.3 Å². The number of rotatable bonds is 8. The summed E-state index contributed by atoms with van der Waals surface area (Å²) in [6, 6.07) is 15.7. The number of nitrogens with zero attached hydrogens (tertiary/aromatic N) is 3. The quantitative estimate of drug-likeness (QED) is 0.549. The van der Waals surface area contributed by atoms with Crippen LogP contribution < -0.4 is 10.0 Å². The molecule has 1 atom stereocenters. The van der Waals surface area contributed by atoms with Crippen LogP contribution in [-0.4, -0.2) is 36.0 Å². The molecule has 3 aromatic rings. The second-order valence-corrected chi connectivity index (χ2v) is 9.23. The zero-order valence-electron chi connectivity index (χ0n) is 17.7. The molecule has 32 heavy (non-hydrogen) atoms. The standard InChI is InChI=1S/C23H25N5O3S/c1-2-3-12-20(26-22-19-11-7-8-13-21(19)32(30,31)27-22)23(29)24-14-17-15-25-28(16-17)18-9-5-4-6-10-18/h4-11,13,15-16,20H,2-3,12,14H2,1H3,(H,24,29)(H,26,27). The van der Waals surface area contributed by atoms with Crippen LogP contribution in [0.5, 0.6) is 0 Å². The summed E-state index contributed by atoms with van der Waals surface area (Å²) in [5.74, 6) is -0.0317. The molecule has 1 unspecified atom stereocenters. The molecule has 1 aromatic heterocycles. The summed E-state index contributed by atoms with van der Waals surface area (Å²) in [6.45, 7) is 2.34. The van der Waals surface area contributed by atoms with E-state index in [1.807, 2.05) is 43.5 Å². The molecule has 1 amide bonds. The third-order valence-corrected chi connectivity index (χ3v) is 6.60. The van der Waals surface area contributed by atoms with Crippen LogP contribution in [0.4, 0.5) is 0 Å². The van der Waals surface area contributed by atoms with E-state index in [4.69, 9.17) is 0 Å². The summed E-state index contributed by atoms with van der Waals surface area (Å²) in [6.07, 6.45) is 5.81. The average molecular weight is 452 g/mol. The second-order valence-electron chi connectivity index (χ2n) is 7.58. The van der Waals surface area contributed by atoms with Gasteiger partial charge in [-0.25, -0.2) is 13.1 Å². The normalized spacial score (nSPS) is 16.3. The number of hydrogen-bond acceptors (Lipinski definition) is 5. The fourth-order valence-electron chi connectivity index (χ4n) is 3.52. The van der Waals surface area contributed by atoms with Gasteiger partial charge >= 0.3 is 0 Å². The number of fused-ring (bicyclic) bond motifs is 1. The van der Waals surface area contributed by atoms with E-state index in [1.54, 1.807) is 29.1 Å². The lowest BCUT2D eigenvalue weighted by atomic mass is 10.1. The molecular formula is C23H25N5O3S. The van der Waals surface area contributed by atoms with E-state index < -0.39 is 16.1 Å². The molecule has 0 fully saturated rings. The van der Waals surface area contributed by atoms with Gasteiger partial charge in [-0.2, -0.15) is 5.10 Å². The Hall–Kier alpha value is -3.46. The minimum atomic E-state index is -3.65. The minimum Gasteiger partial charge on any atom is -0.350 e. The molecule has 2 N–H and O–H groups in total. The molecule has 9 heteroatoms. The van der Waals surface area contributed by atoms with Gasteiger partial charge in [-0.3, -0.25) is 14.5 Å². The van der Waals surface area contributed by atoms with E-state index in [2.05, 4.69) is 20.1 Å². The van der Waals surface area contributed by atoms with Crippen LogP contribution in [0.2, 0.25) is 0 Å². The van der Waals surface area contributed by atoms with Gasteiger partial charge in [0.25, 0.3) is 10.0 Å². The Balaban J connectivity index is 1.49.